The van der Waals surface area contributed by atoms with Gasteiger partial charge in [0.1, 0.15) is 0 Å². The van der Waals surface area contributed by atoms with Gasteiger partial charge < -0.3 is 4.42 Å². The molecule has 6 heteroatoms. The van der Waals surface area contributed by atoms with Crippen molar-refractivity contribution in [3.63, 3.8) is 0 Å². The van der Waals surface area contributed by atoms with Gasteiger partial charge in [0.25, 0.3) is 5.69 Å². The molecule has 104 valence electrons. The molecule has 0 amide bonds. The minimum absolute atomic E-state index is 0.0106. The van der Waals surface area contributed by atoms with Gasteiger partial charge in [-0.25, -0.2) is 9.36 Å². The summed E-state index contributed by atoms with van der Waals surface area (Å²) in [6.07, 6.45) is 1.57. The smallest absolute Gasteiger partial charge is 0.407 e. The van der Waals surface area contributed by atoms with Gasteiger partial charge in [-0.2, -0.15) is 0 Å². The molecular weight excluding hydrogens is 272 g/mol. The van der Waals surface area contributed by atoms with Crippen molar-refractivity contribution >= 4 is 5.69 Å². The first-order chi connectivity index (χ1) is 10.1. The second-order valence-electron chi connectivity index (χ2n) is 4.37. The van der Waals surface area contributed by atoms with Crippen LogP contribution in [0, 0.1) is 10.1 Å². The maximum Gasteiger partial charge on any atom is 0.424 e. The van der Waals surface area contributed by atoms with Crippen LogP contribution in [0.25, 0.3) is 17.0 Å². The number of oxazole rings is 1. The number of non-ortho nitro benzene ring substituents is 1. The zero-order valence-corrected chi connectivity index (χ0v) is 10.8. The fraction of sp³-hybridized carbons (Fsp3) is 0. The standard InChI is InChI=1S/C15H10N2O4/c18-15-16(12-4-2-1-3-5-12)10-14(21-15)11-6-8-13(9-7-11)17(19)20/h1-10H. The predicted octanol–water partition coefficient (Wildman–Crippen LogP) is 3.01. The van der Waals surface area contributed by atoms with E-state index in [1.807, 2.05) is 18.2 Å². The van der Waals surface area contributed by atoms with Gasteiger partial charge in [0, 0.05) is 17.7 Å². The van der Waals surface area contributed by atoms with E-state index in [1.54, 1.807) is 30.5 Å². The van der Waals surface area contributed by atoms with Crippen molar-refractivity contribution in [1.82, 2.24) is 4.57 Å². The molecule has 0 fully saturated rings. The summed E-state index contributed by atoms with van der Waals surface area (Å²) in [5, 5.41) is 10.6. The monoisotopic (exact) mass is 282 g/mol. The Morgan fingerprint density at radius 2 is 1.67 bits per heavy atom. The summed E-state index contributed by atoms with van der Waals surface area (Å²) >= 11 is 0. The Hall–Kier alpha value is -3.15. The van der Waals surface area contributed by atoms with Crippen molar-refractivity contribution in [3.8, 4) is 17.0 Å². The van der Waals surface area contributed by atoms with E-state index in [4.69, 9.17) is 4.42 Å². The zero-order valence-electron chi connectivity index (χ0n) is 10.8. The van der Waals surface area contributed by atoms with Crippen LogP contribution < -0.4 is 5.76 Å². The molecule has 6 nitrogen and oxygen atoms in total. The lowest BCUT2D eigenvalue weighted by Crippen LogP contribution is -2.10. The number of nitro groups is 1. The van der Waals surface area contributed by atoms with Crippen LogP contribution in [0.3, 0.4) is 0 Å². The van der Waals surface area contributed by atoms with Crippen molar-refractivity contribution in [2.24, 2.45) is 0 Å². The van der Waals surface area contributed by atoms with E-state index in [0.717, 1.165) is 0 Å². The molecule has 0 aliphatic rings. The summed E-state index contributed by atoms with van der Waals surface area (Å²) in [7, 11) is 0. The highest BCUT2D eigenvalue weighted by Gasteiger charge is 2.11. The molecule has 0 saturated carbocycles. The molecule has 2 aromatic carbocycles. The average Bonchev–Trinajstić information content (AvgIpc) is 2.90. The highest BCUT2D eigenvalue weighted by Crippen LogP contribution is 2.22. The molecule has 0 N–H and O–H groups in total. The molecular formula is C15H10N2O4. The molecule has 21 heavy (non-hydrogen) atoms. The SMILES string of the molecule is O=c1oc(-c2ccc([N+](=O)[O-])cc2)cn1-c1ccccc1. The Balaban J connectivity index is 2.01. The van der Waals surface area contributed by atoms with Crippen LogP contribution in [0.4, 0.5) is 5.69 Å². The second kappa shape index (κ2) is 5.09. The first-order valence-corrected chi connectivity index (χ1v) is 6.18. The molecule has 0 unspecified atom stereocenters. The predicted molar refractivity (Wildman–Crippen MR) is 76.4 cm³/mol. The van der Waals surface area contributed by atoms with Crippen molar-refractivity contribution in [1.29, 1.82) is 0 Å². The third-order valence-corrected chi connectivity index (χ3v) is 3.04. The van der Waals surface area contributed by atoms with E-state index in [-0.39, 0.29) is 5.69 Å². The van der Waals surface area contributed by atoms with Gasteiger partial charge in [0.05, 0.1) is 16.8 Å². The number of rotatable bonds is 3. The van der Waals surface area contributed by atoms with E-state index in [1.165, 1.54) is 16.7 Å². The molecule has 3 aromatic rings. The molecule has 0 saturated heterocycles. The Morgan fingerprint density at radius 1 is 1.00 bits per heavy atom. The molecule has 0 aliphatic carbocycles. The number of nitro benzene ring substituents is 1. The number of benzene rings is 2. The maximum absolute atomic E-state index is 11.9. The van der Waals surface area contributed by atoms with Crippen LogP contribution >= 0.6 is 0 Å². The van der Waals surface area contributed by atoms with Crippen LogP contribution in [0.5, 0.6) is 0 Å². The van der Waals surface area contributed by atoms with Crippen LogP contribution in [-0.4, -0.2) is 9.49 Å². The Labute approximate surface area is 119 Å². The van der Waals surface area contributed by atoms with E-state index >= 15 is 0 Å². The third-order valence-electron chi connectivity index (χ3n) is 3.04. The third kappa shape index (κ3) is 2.46. The van der Waals surface area contributed by atoms with Gasteiger partial charge in [0.2, 0.25) is 0 Å². The topological polar surface area (TPSA) is 78.3 Å². The number of hydrogen-bond acceptors (Lipinski definition) is 4. The summed E-state index contributed by atoms with van der Waals surface area (Å²) < 4.78 is 6.58. The minimum Gasteiger partial charge on any atom is -0.407 e. The highest BCUT2D eigenvalue weighted by molar-refractivity contribution is 5.59. The summed E-state index contributed by atoms with van der Waals surface area (Å²) in [4.78, 5) is 22.0. The summed E-state index contributed by atoms with van der Waals surface area (Å²) in [6.45, 7) is 0. The van der Waals surface area contributed by atoms with E-state index in [9.17, 15) is 14.9 Å². The molecule has 1 heterocycles. The van der Waals surface area contributed by atoms with Crippen molar-refractivity contribution in [3.05, 3.63) is 81.5 Å². The molecule has 0 bridgehead atoms. The molecule has 0 atom stereocenters. The lowest BCUT2D eigenvalue weighted by Gasteiger charge is -1.97. The Kier molecular flexibility index (Phi) is 3.12. The fourth-order valence-corrected chi connectivity index (χ4v) is 1.99. The second-order valence-corrected chi connectivity index (χ2v) is 4.37. The zero-order chi connectivity index (χ0) is 14.8. The van der Waals surface area contributed by atoms with Gasteiger partial charge in [-0.3, -0.25) is 10.1 Å². The van der Waals surface area contributed by atoms with Crippen LogP contribution in [0.1, 0.15) is 0 Å². The molecule has 0 aliphatic heterocycles. The number of hydrogen-bond donors (Lipinski definition) is 0. The van der Waals surface area contributed by atoms with Gasteiger partial charge in [-0.15, -0.1) is 0 Å². The maximum atomic E-state index is 11.9. The van der Waals surface area contributed by atoms with Gasteiger partial charge in [-0.05, 0) is 24.3 Å². The van der Waals surface area contributed by atoms with Crippen LogP contribution in [-0.2, 0) is 0 Å². The lowest BCUT2D eigenvalue weighted by atomic mass is 10.2. The van der Waals surface area contributed by atoms with Crippen molar-refractivity contribution in [2.75, 3.05) is 0 Å². The summed E-state index contributed by atoms with van der Waals surface area (Å²) in [5.74, 6) is -0.145. The summed E-state index contributed by atoms with van der Waals surface area (Å²) in [5.41, 5.74) is 1.29. The highest BCUT2D eigenvalue weighted by atomic mass is 16.6. The summed E-state index contributed by atoms with van der Waals surface area (Å²) in [6, 6.07) is 14.9. The molecule has 0 spiro atoms. The Bertz CT molecular complexity index is 832. The quantitative estimate of drug-likeness (QED) is 0.546. The Morgan fingerprint density at radius 3 is 2.29 bits per heavy atom. The van der Waals surface area contributed by atoms with Crippen LogP contribution in [0.2, 0.25) is 0 Å². The van der Waals surface area contributed by atoms with Gasteiger partial charge in [0.15, 0.2) is 5.76 Å². The lowest BCUT2D eigenvalue weighted by molar-refractivity contribution is -0.384. The molecule has 0 radical (unpaired) electrons. The minimum atomic E-state index is -0.505. The van der Waals surface area contributed by atoms with E-state index in [2.05, 4.69) is 0 Å². The van der Waals surface area contributed by atoms with Crippen molar-refractivity contribution < 1.29 is 9.34 Å². The average molecular weight is 282 g/mol. The van der Waals surface area contributed by atoms with Crippen molar-refractivity contribution in [2.45, 2.75) is 0 Å². The van der Waals surface area contributed by atoms with Crippen LogP contribution in [0.15, 0.2) is 70.0 Å². The number of aromatic nitrogens is 1. The number of nitrogens with zero attached hydrogens (tertiary/aromatic N) is 2. The van der Waals surface area contributed by atoms with Gasteiger partial charge in [-0.1, -0.05) is 18.2 Å². The van der Waals surface area contributed by atoms with Gasteiger partial charge >= 0.3 is 5.76 Å². The fourth-order valence-electron chi connectivity index (χ4n) is 1.99. The van der Waals surface area contributed by atoms with E-state index in [0.29, 0.717) is 17.0 Å². The van der Waals surface area contributed by atoms with E-state index < -0.39 is 10.7 Å². The number of para-hydroxylation sites is 1. The first kappa shape index (κ1) is 12.9. The molecule has 3 rings (SSSR count). The first-order valence-electron chi connectivity index (χ1n) is 6.18. The normalized spacial score (nSPS) is 10.5. The molecule has 1 aromatic heterocycles. The largest absolute Gasteiger partial charge is 0.424 e.